The van der Waals surface area contributed by atoms with Crippen molar-refractivity contribution in [2.24, 2.45) is 11.7 Å². The van der Waals surface area contributed by atoms with Gasteiger partial charge in [-0.3, -0.25) is 9.10 Å². The van der Waals surface area contributed by atoms with Crippen LogP contribution in [-0.4, -0.2) is 32.2 Å². The summed E-state index contributed by atoms with van der Waals surface area (Å²) in [6, 6.07) is 5.42. The van der Waals surface area contributed by atoms with Crippen LogP contribution in [0.1, 0.15) is 44.6 Å². The molecule has 1 aliphatic heterocycles. The molecule has 0 bridgehead atoms. The molecule has 1 saturated carbocycles. The van der Waals surface area contributed by atoms with E-state index in [0.29, 0.717) is 24.3 Å². The normalized spacial score (nSPS) is 27.7. The Labute approximate surface area is 162 Å². The van der Waals surface area contributed by atoms with Crippen LogP contribution < -0.4 is 15.4 Å². The van der Waals surface area contributed by atoms with Gasteiger partial charge in [0.15, 0.2) is 0 Å². The van der Waals surface area contributed by atoms with Gasteiger partial charge in [-0.2, -0.15) is 0 Å². The Hall–Kier alpha value is -1.31. The number of sulfonamides is 1. The smallest absolute Gasteiger partial charge is 0.235 e. The largest absolute Gasteiger partial charge is 0.326 e. The molecule has 1 saturated heterocycles. The number of nitrogens with one attached hydrogen (secondary N) is 1. The highest BCUT2D eigenvalue weighted by atomic mass is 35.5. The van der Waals surface area contributed by atoms with E-state index in [1.165, 1.54) is 4.31 Å². The highest BCUT2D eigenvalue weighted by Crippen LogP contribution is 2.34. The van der Waals surface area contributed by atoms with Crippen molar-refractivity contribution in [1.82, 2.24) is 0 Å². The number of hydrogen-bond donors (Lipinski definition) is 2. The first kappa shape index (κ1) is 21.0. The van der Waals surface area contributed by atoms with Crippen LogP contribution in [0.2, 0.25) is 0 Å². The van der Waals surface area contributed by atoms with Gasteiger partial charge in [-0.15, -0.1) is 12.4 Å². The van der Waals surface area contributed by atoms with E-state index in [9.17, 15) is 13.2 Å². The number of benzene rings is 1. The molecule has 0 spiro atoms. The fourth-order valence-corrected chi connectivity index (χ4v) is 5.50. The highest BCUT2D eigenvalue weighted by molar-refractivity contribution is 7.93. The molecule has 0 aromatic heterocycles. The minimum absolute atomic E-state index is 0. The number of amides is 1. The topological polar surface area (TPSA) is 92.5 Å². The molecule has 1 aliphatic carbocycles. The van der Waals surface area contributed by atoms with E-state index in [4.69, 9.17) is 5.73 Å². The number of nitrogens with two attached hydrogens (primary N) is 1. The Morgan fingerprint density at radius 1 is 1.31 bits per heavy atom. The van der Waals surface area contributed by atoms with Crippen LogP contribution in [0, 0.1) is 12.8 Å². The lowest BCUT2D eigenvalue weighted by atomic mass is 9.74. The zero-order valence-corrected chi connectivity index (χ0v) is 17.0. The van der Waals surface area contributed by atoms with Crippen LogP contribution in [-0.2, 0) is 14.8 Å². The van der Waals surface area contributed by atoms with Crippen LogP contribution in [0.3, 0.4) is 0 Å². The second-order valence-electron chi connectivity index (χ2n) is 7.54. The summed E-state index contributed by atoms with van der Waals surface area (Å²) >= 11 is 0. The van der Waals surface area contributed by atoms with E-state index in [1.807, 2.05) is 26.0 Å². The van der Waals surface area contributed by atoms with Crippen molar-refractivity contribution >= 4 is 39.7 Å². The SMILES string of the molecule is Cc1ccc(NC(=O)C2CCCCC2(C)N)cc1N1CCCS1(=O)=O.Cl. The first-order valence-corrected chi connectivity index (χ1v) is 10.5. The summed E-state index contributed by atoms with van der Waals surface area (Å²) < 4.78 is 25.9. The van der Waals surface area contributed by atoms with E-state index >= 15 is 0 Å². The van der Waals surface area contributed by atoms with Gasteiger partial charge in [0.1, 0.15) is 0 Å². The Bertz CT molecular complexity index is 780. The van der Waals surface area contributed by atoms with E-state index in [1.54, 1.807) is 6.07 Å². The summed E-state index contributed by atoms with van der Waals surface area (Å²) in [4.78, 5) is 12.7. The van der Waals surface area contributed by atoms with Crippen LogP contribution in [0.15, 0.2) is 18.2 Å². The average Bonchev–Trinajstić information content (AvgIpc) is 2.88. The van der Waals surface area contributed by atoms with Gasteiger partial charge in [-0.05, 0) is 50.8 Å². The summed E-state index contributed by atoms with van der Waals surface area (Å²) in [6.07, 6.45) is 4.33. The molecule has 0 radical (unpaired) electrons. The molecular weight excluding hydrogens is 374 g/mol. The van der Waals surface area contributed by atoms with Gasteiger partial charge in [0, 0.05) is 17.8 Å². The lowest BCUT2D eigenvalue weighted by molar-refractivity contribution is -0.122. The highest BCUT2D eigenvalue weighted by Gasteiger charge is 2.38. The lowest BCUT2D eigenvalue weighted by Crippen LogP contribution is -2.51. The molecule has 3 N–H and O–H groups in total. The van der Waals surface area contributed by atoms with Crippen molar-refractivity contribution in [2.45, 2.75) is 51.5 Å². The van der Waals surface area contributed by atoms with Crippen LogP contribution in [0.5, 0.6) is 0 Å². The molecule has 1 amide bonds. The predicted molar refractivity (Wildman–Crippen MR) is 107 cm³/mol. The zero-order valence-electron chi connectivity index (χ0n) is 15.3. The number of carbonyl (C=O) groups excluding carboxylic acids is 1. The second-order valence-corrected chi connectivity index (χ2v) is 9.55. The molecular formula is C18H28ClN3O3S. The molecule has 26 heavy (non-hydrogen) atoms. The van der Waals surface area contributed by atoms with E-state index in [0.717, 1.165) is 31.2 Å². The van der Waals surface area contributed by atoms with Gasteiger partial charge in [0.05, 0.1) is 17.4 Å². The second kappa shape index (κ2) is 7.74. The molecule has 1 aromatic rings. The third-order valence-corrected chi connectivity index (χ3v) is 7.27. The van der Waals surface area contributed by atoms with Gasteiger partial charge in [-0.1, -0.05) is 18.9 Å². The molecule has 3 rings (SSSR count). The molecule has 6 nitrogen and oxygen atoms in total. The standard InChI is InChI=1S/C18H27N3O3S.ClH/c1-13-7-8-14(12-16(13)21-10-5-11-25(21,23)24)20-17(22)15-6-3-4-9-18(15,2)19;/h7-8,12,15H,3-6,9-11,19H2,1-2H3,(H,20,22);1H. The van der Waals surface area contributed by atoms with Gasteiger partial charge in [0.2, 0.25) is 15.9 Å². The number of halogens is 1. The summed E-state index contributed by atoms with van der Waals surface area (Å²) in [5.74, 6) is -0.123. The maximum atomic E-state index is 12.7. The fourth-order valence-electron chi connectivity index (χ4n) is 3.88. The molecule has 8 heteroatoms. The van der Waals surface area contributed by atoms with Crippen molar-refractivity contribution in [3.63, 3.8) is 0 Å². The quantitative estimate of drug-likeness (QED) is 0.814. The molecule has 146 valence electrons. The van der Waals surface area contributed by atoms with Crippen LogP contribution in [0.25, 0.3) is 0 Å². The first-order chi connectivity index (χ1) is 11.7. The average molecular weight is 402 g/mol. The van der Waals surface area contributed by atoms with Crippen LogP contribution >= 0.6 is 12.4 Å². The van der Waals surface area contributed by atoms with Gasteiger partial charge in [0.25, 0.3) is 0 Å². The summed E-state index contributed by atoms with van der Waals surface area (Å²) in [7, 11) is -3.25. The van der Waals surface area contributed by atoms with Crippen LogP contribution in [0.4, 0.5) is 11.4 Å². The first-order valence-electron chi connectivity index (χ1n) is 8.91. The zero-order chi connectivity index (χ0) is 18.2. The van der Waals surface area contributed by atoms with E-state index in [-0.39, 0.29) is 30.0 Å². The van der Waals surface area contributed by atoms with Gasteiger partial charge < -0.3 is 11.1 Å². The lowest BCUT2D eigenvalue weighted by Gasteiger charge is -2.37. The maximum Gasteiger partial charge on any atom is 0.235 e. The minimum atomic E-state index is -3.25. The van der Waals surface area contributed by atoms with Crippen molar-refractivity contribution in [3.05, 3.63) is 23.8 Å². The van der Waals surface area contributed by atoms with Crippen molar-refractivity contribution < 1.29 is 13.2 Å². The minimum Gasteiger partial charge on any atom is -0.326 e. The summed E-state index contributed by atoms with van der Waals surface area (Å²) in [5.41, 5.74) is 7.97. The number of anilines is 2. The Kier molecular flexibility index (Phi) is 6.25. The van der Waals surface area contributed by atoms with Crippen molar-refractivity contribution in [3.8, 4) is 0 Å². The number of rotatable bonds is 3. The van der Waals surface area contributed by atoms with Crippen molar-refractivity contribution in [2.75, 3.05) is 21.9 Å². The maximum absolute atomic E-state index is 12.7. The van der Waals surface area contributed by atoms with E-state index < -0.39 is 15.6 Å². The van der Waals surface area contributed by atoms with Gasteiger partial charge in [-0.25, -0.2) is 8.42 Å². The van der Waals surface area contributed by atoms with E-state index in [2.05, 4.69) is 5.32 Å². The Balaban J connectivity index is 0.00000243. The molecule has 1 aromatic carbocycles. The number of nitrogens with zero attached hydrogens (tertiary/aromatic N) is 1. The summed E-state index contributed by atoms with van der Waals surface area (Å²) in [6.45, 7) is 4.31. The number of carbonyl (C=O) groups is 1. The third-order valence-electron chi connectivity index (χ3n) is 5.42. The molecule has 2 aliphatic rings. The third kappa shape index (κ3) is 4.15. The molecule has 1 heterocycles. The fraction of sp³-hybridized carbons (Fsp3) is 0.611. The molecule has 2 unspecified atom stereocenters. The number of aryl methyl sites for hydroxylation is 1. The number of hydrogen-bond acceptors (Lipinski definition) is 4. The summed E-state index contributed by atoms with van der Waals surface area (Å²) in [5, 5.41) is 2.95. The molecule has 2 atom stereocenters. The predicted octanol–water partition coefficient (Wildman–Crippen LogP) is 2.80. The van der Waals surface area contributed by atoms with Gasteiger partial charge >= 0.3 is 0 Å². The Morgan fingerprint density at radius 3 is 2.65 bits per heavy atom. The molecule has 2 fully saturated rings. The Morgan fingerprint density at radius 2 is 2.04 bits per heavy atom. The van der Waals surface area contributed by atoms with Crippen molar-refractivity contribution in [1.29, 1.82) is 0 Å². The monoisotopic (exact) mass is 401 g/mol.